The van der Waals surface area contributed by atoms with Gasteiger partial charge in [-0.05, 0) is 36.4 Å². The minimum atomic E-state index is -1.17. The average Bonchev–Trinajstić information content (AvgIpc) is 2.95. The number of carbonyl (C=O) groups excluding carboxylic acids is 2. The first-order chi connectivity index (χ1) is 13.1. The monoisotopic (exact) mass is 363 g/mol. The van der Waals surface area contributed by atoms with Gasteiger partial charge in [-0.3, -0.25) is 9.69 Å². The molecule has 2 aliphatic heterocycles. The summed E-state index contributed by atoms with van der Waals surface area (Å²) < 4.78 is 0. The standard InChI is InChI=1S/C22H25N3O2/c1-17-9-8-14-24(15-17)16-25-20(26)22(23-21(25)27,18-10-4-2-5-11-18)19-12-6-3-7-13-19/h2-7,10-13,17H,8-9,14-16H2,1H3,(H,23,27)/t17-/m1/s1. The molecule has 0 unspecified atom stereocenters. The van der Waals surface area contributed by atoms with E-state index in [0.29, 0.717) is 12.6 Å². The van der Waals surface area contributed by atoms with Crippen molar-refractivity contribution in [3.05, 3.63) is 71.8 Å². The molecule has 2 saturated heterocycles. The fraction of sp³-hybridized carbons (Fsp3) is 0.364. The summed E-state index contributed by atoms with van der Waals surface area (Å²) in [6, 6.07) is 18.7. The summed E-state index contributed by atoms with van der Waals surface area (Å²) in [6.45, 7) is 4.40. The van der Waals surface area contributed by atoms with E-state index in [4.69, 9.17) is 0 Å². The molecule has 3 amide bonds. The molecule has 5 heteroatoms. The molecule has 5 nitrogen and oxygen atoms in total. The lowest BCUT2D eigenvalue weighted by atomic mass is 9.83. The molecule has 0 aromatic heterocycles. The van der Waals surface area contributed by atoms with Crippen molar-refractivity contribution in [3.63, 3.8) is 0 Å². The first-order valence-electron chi connectivity index (χ1n) is 9.59. The van der Waals surface area contributed by atoms with Crippen LogP contribution in [0.15, 0.2) is 60.7 Å². The molecule has 0 spiro atoms. The van der Waals surface area contributed by atoms with Crippen LogP contribution in [0.4, 0.5) is 4.79 Å². The Balaban J connectivity index is 1.71. The number of likely N-dealkylation sites (tertiary alicyclic amines) is 1. The van der Waals surface area contributed by atoms with Crippen LogP contribution in [0.1, 0.15) is 30.9 Å². The van der Waals surface area contributed by atoms with Crippen molar-refractivity contribution in [2.45, 2.75) is 25.3 Å². The normalized spacial score (nSPS) is 22.7. The van der Waals surface area contributed by atoms with Crippen molar-refractivity contribution >= 4 is 11.9 Å². The highest BCUT2D eigenvalue weighted by Crippen LogP contribution is 2.36. The van der Waals surface area contributed by atoms with Crippen LogP contribution < -0.4 is 5.32 Å². The zero-order valence-electron chi connectivity index (χ0n) is 15.6. The number of piperidine rings is 1. The van der Waals surface area contributed by atoms with Crippen molar-refractivity contribution in [2.75, 3.05) is 19.8 Å². The Morgan fingerprint density at radius 2 is 1.59 bits per heavy atom. The van der Waals surface area contributed by atoms with Gasteiger partial charge in [-0.25, -0.2) is 9.69 Å². The predicted octanol–water partition coefficient (Wildman–Crippen LogP) is 3.17. The molecule has 2 aliphatic rings. The van der Waals surface area contributed by atoms with Crippen LogP contribution in [0.2, 0.25) is 0 Å². The number of benzene rings is 2. The highest BCUT2D eigenvalue weighted by Gasteiger charge is 2.53. The molecule has 2 heterocycles. The zero-order chi connectivity index (χ0) is 18.9. The SMILES string of the molecule is C[C@@H]1CCCN(CN2C(=O)NC(c3ccccc3)(c3ccccc3)C2=O)C1. The van der Waals surface area contributed by atoms with Crippen LogP contribution in [0.3, 0.4) is 0 Å². The molecule has 140 valence electrons. The van der Waals surface area contributed by atoms with Crippen molar-refractivity contribution in [2.24, 2.45) is 5.92 Å². The number of hydrogen-bond donors (Lipinski definition) is 1. The number of nitrogens with one attached hydrogen (secondary N) is 1. The van der Waals surface area contributed by atoms with E-state index in [1.54, 1.807) is 0 Å². The number of nitrogens with zero attached hydrogens (tertiary/aromatic N) is 2. The molecule has 0 aliphatic carbocycles. The maximum atomic E-state index is 13.6. The summed E-state index contributed by atoms with van der Waals surface area (Å²) in [4.78, 5) is 30.1. The topological polar surface area (TPSA) is 52.6 Å². The Bertz CT molecular complexity index is 782. The van der Waals surface area contributed by atoms with Crippen molar-refractivity contribution in [1.29, 1.82) is 0 Å². The summed E-state index contributed by atoms with van der Waals surface area (Å²) in [5.74, 6) is 0.385. The van der Waals surface area contributed by atoms with Crippen LogP contribution in [0.25, 0.3) is 0 Å². The molecule has 2 aromatic carbocycles. The van der Waals surface area contributed by atoms with E-state index in [1.165, 1.54) is 11.3 Å². The lowest BCUT2D eigenvalue weighted by Gasteiger charge is -2.33. The number of imide groups is 1. The van der Waals surface area contributed by atoms with Crippen molar-refractivity contribution < 1.29 is 9.59 Å². The summed E-state index contributed by atoms with van der Waals surface area (Å²) in [5, 5.41) is 3.01. The second-order valence-electron chi connectivity index (χ2n) is 7.61. The molecule has 4 rings (SSSR count). The Kier molecular flexibility index (Phi) is 4.70. The Morgan fingerprint density at radius 1 is 1.00 bits per heavy atom. The molecule has 1 atom stereocenters. The fourth-order valence-electron chi connectivity index (χ4n) is 4.25. The van der Waals surface area contributed by atoms with Gasteiger partial charge in [0.25, 0.3) is 5.91 Å². The maximum Gasteiger partial charge on any atom is 0.326 e. The van der Waals surface area contributed by atoms with Crippen LogP contribution in [-0.4, -0.2) is 41.5 Å². The van der Waals surface area contributed by atoms with Crippen molar-refractivity contribution in [3.8, 4) is 0 Å². The second kappa shape index (κ2) is 7.16. The van der Waals surface area contributed by atoms with Gasteiger partial charge in [0.15, 0.2) is 5.54 Å². The number of hydrogen-bond acceptors (Lipinski definition) is 3. The second-order valence-corrected chi connectivity index (χ2v) is 7.61. The third-order valence-corrected chi connectivity index (χ3v) is 5.60. The lowest BCUT2D eigenvalue weighted by molar-refractivity contribution is -0.132. The van der Waals surface area contributed by atoms with Gasteiger partial charge in [0.05, 0.1) is 6.67 Å². The largest absolute Gasteiger partial charge is 0.326 e. The fourth-order valence-corrected chi connectivity index (χ4v) is 4.25. The van der Waals surface area contributed by atoms with E-state index in [2.05, 4.69) is 17.1 Å². The smallest absolute Gasteiger partial charge is 0.315 e. The number of rotatable bonds is 4. The number of carbonyl (C=O) groups is 2. The minimum absolute atomic E-state index is 0.205. The zero-order valence-corrected chi connectivity index (χ0v) is 15.6. The van der Waals surface area contributed by atoms with Gasteiger partial charge in [-0.2, -0.15) is 0 Å². The highest BCUT2D eigenvalue weighted by atomic mass is 16.2. The quantitative estimate of drug-likeness (QED) is 0.849. The first kappa shape index (κ1) is 17.7. The molecule has 2 fully saturated rings. The van der Waals surface area contributed by atoms with Crippen molar-refractivity contribution in [1.82, 2.24) is 15.1 Å². The van der Waals surface area contributed by atoms with Gasteiger partial charge in [0.1, 0.15) is 0 Å². The summed E-state index contributed by atoms with van der Waals surface area (Å²) in [6.07, 6.45) is 2.31. The van der Waals surface area contributed by atoms with Crippen LogP contribution in [0.5, 0.6) is 0 Å². The van der Waals surface area contributed by atoms with E-state index in [0.717, 1.165) is 30.6 Å². The van der Waals surface area contributed by atoms with Gasteiger partial charge >= 0.3 is 6.03 Å². The first-order valence-corrected chi connectivity index (χ1v) is 9.59. The summed E-state index contributed by atoms with van der Waals surface area (Å²) >= 11 is 0. The molecule has 0 bridgehead atoms. The minimum Gasteiger partial charge on any atom is -0.315 e. The third kappa shape index (κ3) is 3.12. The molecular weight excluding hydrogens is 338 g/mol. The van der Waals surface area contributed by atoms with Gasteiger partial charge in [-0.15, -0.1) is 0 Å². The van der Waals surface area contributed by atoms with E-state index >= 15 is 0 Å². The molecule has 0 radical (unpaired) electrons. The van der Waals surface area contributed by atoms with E-state index in [-0.39, 0.29) is 11.9 Å². The van der Waals surface area contributed by atoms with Gasteiger partial charge in [-0.1, -0.05) is 67.6 Å². The van der Waals surface area contributed by atoms with Crippen LogP contribution >= 0.6 is 0 Å². The van der Waals surface area contributed by atoms with E-state index < -0.39 is 5.54 Å². The Hall–Kier alpha value is -2.66. The molecule has 1 N–H and O–H groups in total. The molecular formula is C22H25N3O2. The molecule has 0 saturated carbocycles. The summed E-state index contributed by atoms with van der Waals surface area (Å²) in [5.41, 5.74) is 0.397. The molecule has 27 heavy (non-hydrogen) atoms. The Morgan fingerprint density at radius 3 is 2.15 bits per heavy atom. The van der Waals surface area contributed by atoms with Gasteiger partial charge < -0.3 is 5.32 Å². The summed E-state index contributed by atoms with van der Waals surface area (Å²) in [7, 11) is 0. The Labute approximate surface area is 160 Å². The number of amides is 3. The predicted molar refractivity (Wildman–Crippen MR) is 104 cm³/mol. The average molecular weight is 363 g/mol. The van der Waals surface area contributed by atoms with Crippen LogP contribution in [0, 0.1) is 5.92 Å². The van der Waals surface area contributed by atoms with Gasteiger partial charge in [0, 0.05) is 6.54 Å². The van der Waals surface area contributed by atoms with E-state index in [9.17, 15) is 9.59 Å². The van der Waals surface area contributed by atoms with Gasteiger partial charge in [0.2, 0.25) is 0 Å². The van der Waals surface area contributed by atoms with Crippen LogP contribution in [-0.2, 0) is 10.3 Å². The van der Waals surface area contributed by atoms with E-state index in [1.807, 2.05) is 60.7 Å². The lowest BCUT2D eigenvalue weighted by Crippen LogP contribution is -2.47. The third-order valence-electron chi connectivity index (χ3n) is 5.60. The maximum absolute atomic E-state index is 13.6. The molecule has 2 aromatic rings. The number of urea groups is 1. The highest BCUT2D eigenvalue weighted by molar-refractivity contribution is 6.09.